The molecule has 0 aliphatic carbocycles. The first-order chi connectivity index (χ1) is 7.77. The van der Waals surface area contributed by atoms with Gasteiger partial charge in [0.25, 0.3) is 0 Å². The van der Waals surface area contributed by atoms with Crippen molar-refractivity contribution < 1.29 is 4.79 Å². The lowest BCUT2D eigenvalue weighted by Gasteiger charge is -2.03. The summed E-state index contributed by atoms with van der Waals surface area (Å²) in [5.74, 6) is 0.0832. The summed E-state index contributed by atoms with van der Waals surface area (Å²) >= 11 is 0. The maximum atomic E-state index is 10.6. The van der Waals surface area contributed by atoms with E-state index in [0.717, 1.165) is 19.5 Å². The van der Waals surface area contributed by atoms with Crippen LogP contribution in [0, 0.1) is 0 Å². The van der Waals surface area contributed by atoms with E-state index in [1.165, 1.54) is 51.4 Å². The Morgan fingerprint density at radius 3 is 1.75 bits per heavy atom. The van der Waals surface area contributed by atoms with E-state index in [1.54, 1.807) is 6.92 Å². The molecule has 0 atom stereocenters. The fourth-order valence-electron chi connectivity index (χ4n) is 1.77. The van der Waals surface area contributed by atoms with Gasteiger partial charge in [-0.05, 0) is 19.4 Å². The highest BCUT2D eigenvalue weighted by atomic mass is 16.1. The number of amides is 1. The predicted molar refractivity (Wildman–Crippen MR) is 69.3 cm³/mol. The molecule has 0 unspecified atom stereocenters. The number of carbonyl (C=O) groups is 1. The number of rotatable bonds is 11. The van der Waals surface area contributed by atoms with E-state index in [0.29, 0.717) is 0 Å². The number of nitrogens with two attached hydrogens (primary N) is 1. The Morgan fingerprint density at radius 2 is 1.31 bits per heavy atom. The minimum atomic E-state index is 0.0832. The second kappa shape index (κ2) is 12.5. The third-order valence-electron chi connectivity index (χ3n) is 2.75. The first-order valence-corrected chi connectivity index (χ1v) is 6.72. The zero-order chi connectivity index (χ0) is 12.1. The van der Waals surface area contributed by atoms with Crippen molar-refractivity contribution in [3.05, 3.63) is 0 Å². The van der Waals surface area contributed by atoms with Gasteiger partial charge < -0.3 is 11.1 Å². The molecule has 0 aromatic carbocycles. The number of carbonyl (C=O) groups excluding carboxylic acids is 1. The van der Waals surface area contributed by atoms with Crippen LogP contribution >= 0.6 is 0 Å². The Morgan fingerprint density at radius 1 is 0.875 bits per heavy atom. The van der Waals surface area contributed by atoms with Crippen LogP contribution in [0.2, 0.25) is 0 Å². The summed E-state index contributed by atoms with van der Waals surface area (Å²) in [5.41, 5.74) is 5.43. The van der Waals surface area contributed by atoms with Gasteiger partial charge in [0.2, 0.25) is 5.91 Å². The summed E-state index contributed by atoms with van der Waals surface area (Å²) in [4.78, 5) is 10.6. The summed E-state index contributed by atoms with van der Waals surface area (Å²) in [7, 11) is 0. The van der Waals surface area contributed by atoms with E-state index >= 15 is 0 Å². The summed E-state index contributed by atoms with van der Waals surface area (Å²) in [6.45, 7) is 3.25. The lowest BCUT2D eigenvalue weighted by atomic mass is 10.1. The molecule has 1 amide bonds. The maximum Gasteiger partial charge on any atom is 0.216 e. The Balaban J connectivity index is 2.90. The van der Waals surface area contributed by atoms with Gasteiger partial charge in [0.1, 0.15) is 0 Å². The van der Waals surface area contributed by atoms with Crippen LogP contribution < -0.4 is 11.1 Å². The normalized spacial score (nSPS) is 10.4. The quantitative estimate of drug-likeness (QED) is 0.534. The Hall–Kier alpha value is -0.570. The van der Waals surface area contributed by atoms with Gasteiger partial charge in [0.05, 0.1) is 0 Å². The molecular formula is C13H28N2O. The molecule has 3 N–H and O–H groups in total. The molecule has 96 valence electrons. The zero-order valence-corrected chi connectivity index (χ0v) is 10.8. The molecular weight excluding hydrogens is 200 g/mol. The van der Waals surface area contributed by atoms with Crippen molar-refractivity contribution in [2.75, 3.05) is 13.1 Å². The molecule has 0 saturated carbocycles. The average molecular weight is 228 g/mol. The molecule has 0 aliphatic rings. The molecule has 0 spiro atoms. The third-order valence-corrected chi connectivity index (χ3v) is 2.75. The molecule has 0 saturated heterocycles. The summed E-state index contributed by atoms with van der Waals surface area (Å²) in [6.07, 6.45) is 11.5. The fourth-order valence-corrected chi connectivity index (χ4v) is 1.77. The highest BCUT2D eigenvalue weighted by molar-refractivity contribution is 5.72. The fraction of sp³-hybridized carbons (Fsp3) is 0.923. The second-order valence-electron chi connectivity index (χ2n) is 4.45. The Labute approximate surface area is 100 Å². The van der Waals surface area contributed by atoms with Crippen LogP contribution in [0.1, 0.15) is 64.7 Å². The molecule has 0 radical (unpaired) electrons. The largest absolute Gasteiger partial charge is 0.356 e. The van der Waals surface area contributed by atoms with Crippen molar-refractivity contribution in [1.82, 2.24) is 5.32 Å². The standard InChI is InChI=1S/C13H28N2O/c1-13(16)15-12-10-8-6-4-2-3-5-7-9-11-14/h2-12,14H2,1H3,(H,15,16). The van der Waals surface area contributed by atoms with Crippen molar-refractivity contribution >= 4 is 5.91 Å². The van der Waals surface area contributed by atoms with E-state index in [1.807, 2.05) is 0 Å². The van der Waals surface area contributed by atoms with Gasteiger partial charge in [0.15, 0.2) is 0 Å². The molecule has 0 aliphatic heterocycles. The van der Waals surface area contributed by atoms with Gasteiger partial charge in [-0.1, -0.05) is 44.9 Å². The smallest absolute Gasteiger partial charge is 0.216 e. The Bertz CT molecular complexity index is 160. The van der Waals surface area contributed by atoms with Gasteiger partial charge >= 0.3 is 0 Å². The number of nitrogens with one attached hydrogen (secondary N) is 1. The molecule has 3 heteroatoms. The monoisotopic (exact) mass is 228 g/mol. The van der Waals surface area contributed by atoms with Crippen LogP contribution in [0.15, 0.2) is 0 Å². The predicted octanol–water partition coefficient (Wildman–Crippen LogP) is 2.59. The van der Waals surface area contributed by atoms with Crippen molar-refractivity contribution in [3.8, 4) is 0 Å². The molecule has 0 rings (SSSR count). The minimum absolute atomic E-state index is 0.0832. The molecule has 0 fully saturated rings. The topological polar surface area (TPSA) is 55.1 Å². The summed E-state index contributed by atoms with van der Waals surface area (Å²) in [5, 5.41) is 2.82. The van der Waals surface area contributed by atoms with Gasteiger partial charge in [-0.3, -0.25) is 4.79 Å². The molecule has 3 nitrogen and oxygen atoms in total. The average Bonchev–Trinajstić information content (AvgIpc) is 2.25. The molecule has 0 bridgehead atoms. The highest BCUT2D eigenvalue weighted by Crippen LogP contribution is 2.08. The van der Waals surface area contributed by atoms with Crippen molar-refractivity contribution in [1.29, 1.82) is 0 Å². The van der Waals surface area contributed by atoms with Crippen LogP contribution in [-0.4, -0.2) is 19.0 Å². The number of hydrogen-bond donors (Lipinski definition) is 2. The van der Waals surface area contributed by atoms with Gasteiger partial charge in [-0.2, -0.15) is 0 Å². The van der Waals surface area contributed by atoms with E-state index in [2.05, 4.69) is 5.32 Å². The Kier molecular flexibility index (Phi) is 12.1. The van der Waals surface area contributed by atoms with Crippen molar-refractivity contribution in [2.45, 2.75) is 64.7 Å². The van der Waals surface area contributed by atoms with Gasteiger partial charge in [-0.25, -0.2) is 0 Å². The maximum absolute atomic E-state index is 10.6. The van der Waals surface area contributed by atoms with Gasteiger partial charge in [-0.15, -0.1) is 0 Å². The van der Waals surface area contributed by atoms with Gasteiger partial charge in [0, 0.05) is 13.5 Å². The van der Waals surface area contributed by atoms with Crippen LogP contribution in [0.3, 0.4) is 0 Å². The molecule has 0 aromatic rings. The van der Waals surface area contributed by atoms with Crippen LogP contribution in [-0.2, 0) is 4.79 Å². The number of hydrogen-bond acceptors (Lipinski definition) is 2. The SMILES string of the molecule is CC(=O)NCCCCCCCCCCCN. The zero-order valence-electron chi connectivity index (χ0n) is 10.8. The number of unbranched alkanes of at least 4 members (excludes halogenated alkanes) is 8. The molecule has 0 aromatic heterocycles. The van der Waals surface area contributed by atoms with E-state index in [-0.39, 0.29) is 5.91 Å². The summed E-state index contributed by atoms with van der Waals surface area (Å²) < 4.78 is 0. The summed E-state index contributed by atoms with van der Waals surface area (Å²) in [6, 6.07) is 0. The first kappa shape index (κ1) is 15.4. The highest BCUT2D eigenvalue weighted by Gasteiger charge is 1.93. The van der Waals surface area contributed by atoms with Crippen LogP contribution in [0.4, 0.5) is 0 Å². The van der Waals surface area contributed by atoms with Crippen molar-refractivity contribution in [3.63, 3.8) is 0 Å². The van der Waals surface area contributed by atoms with Crippen molar-refractivity contribution in [2.24, 2.45) is 5.73 Å². The van der Waals surface area contributed by atoms with Crippen LogP contribution in [0.5, 0.6) is 0 Å². The lowest BCUT2D eigenvalue weighted by Crippen LogP contribution is -2.20. The molecule has 0 heterocycles. The third kappa shape index (κ3) is 13.4. The lowest BCUT2D eigenvalue weighted by molar-refractivity contribution is -0.118. The van der Waals surface area contributed by atoms with E-state index in [9.17, 15) is 4.79 Å². The molecule has 16 heavy (non-hydrogen) atoms. The minimum Gasteiger partial charge on any atom is -0.356 e. The van der Waals surface area contributed by atoms with E-state index < -0.39 is 0 Å². The second-order valence-corrected chi connectivity index (χ2v) is 4.45. The first-order valence-electron chi connectivity index (χ1n) is 6.72. The van der Waals surface area contributed by atoms with Crippen LogP contribution in [0.25, 0.3) is 0 Å². The van der Waals surface area contributed by atoms with E-state index in [4.69, 9.17) is 5.73 Å².